The number of rotatable bonds is 4. The molecule has 98 valence electrons. The number of hydrogen-bond donors (Lipinski definition) is 2. The van der Waals surface area contributed by atoms with Gasteiger partial charge in [0, 0.05) is 12.6 Å². The lowest BCUT2D eigenvalue weighted by Gasteiger charge is -2.23. The lowest BCUT2D eigenvalue weighted by atomic mass is 9.98. The molecule has 0 aromatic heterocycles. The standard InChI is InChI=1S/C13H19N3O2/c1-10-3-2-4-12(16(17)18)13(10)15-9-11-5-7-14-8-6-11/h2-4,11,14-15H,5-9H2,1H3. The highest BCUT2D eigenvalue weighted by atomic mass is 16.6. The zero-order valence-corrected chi connectivity index (χ0v) is 10.6. The van der Waals surface area contributed by atoms with Crippen LogP contribution in [-0.2, 0) is 0 Å². The lowest BCUT2D eigenvalue weighted by Crippen LogP contribution is -2.31. The highest BCUT2D eigenvalue weighted by molar-refractivity contribution is 5.65. The molecule has 5 nitrogen and oxygen atoms in total. The zero-order valence-electron chi connectivity index (χ0n) is 10.6. The Morgan fingerprint density at radius 2 is 2.17 bits per heavy atom. The molecule has 5 heteroatoms. The molecule has 1 fully saturated rings. The Bertz CT molecular complexity index is 428. The minimum atomic E-state index is -0.322. The molecular weight excluding hydrogens is 230 g/mol. The Morgan fingerprint density at radius 3 is 2.83 bits per heavy atom. The quantitative estimate of drug-likeness (QED) is 0.634. The van der Waals surface area contributed by atoms with Crippen LogP contribution in [0.1, 0.15) is 18.4 Å². The van der Waals surface area contributed by atoms with Crippen LogP contribution < -0.4 is 10.6 Å². The predicted molar refractivity (Wildman–Crippen MR) is 71.9 cm³/mol. The fourth-order valence-electron chi connectivity index (χ4n) is 2.37. The van der Waals surface area contributed by atoms with E-state index in [1.807, 2.05) is 13.0 Å². The highest BCUT2D eigenvalue weighted by Gasteiger charge is 2.18. The summed E-state index contributed by atoms with van der Waals surface area (Å²) in [5.74, 6) is 0.602. The van der Waals surface area contributed by atoms with Gasteiger partial charge in [0.1, 0.15) is 5.69 Å². The molecule has 0 radical (unpaired) electrons. The van der Waals surface area contributed by atoms with E-state index >= 15 is 0 Å². The van der Waals surface area contributed by atoms with E-state index in [0.717, 1.165) is 38.0 Å². The summed E-state index contributed by atoms with van der Waals surface area (Å²) in [5, 5.41) is 17.6. The highest BCUT2D eigenvalue weighted by Crippen LogP contribution is 2.28. The van der Waals surface area contributed by atoms with Crippen LogP contribution in [-0.4, -0.2) is 24.6 Å². The largest absolute Gasteiger partial charge is 0.379 e. The van der Waals surface area contributed by atoms with Gasteiger partial charge < -0.3 is 10.6 Å². The van der Waals surface area contributed by atoms with Crippen molar-refractivity contribution in [2.24, 2.45) is 5.92 Å². The Hall–Kier alpha value is -1.62. The third-order valence-electron chi connectivity index (χ3n) is 3.47. The molecule has 1 aliphatic heterocycles. The van der Waals surface area contributed by atoms with Crippen LogP contribution in [0, 0.1) is 23.0 Å². The average molecular weight is 249 g/mol. The number of anilines is 1. The third-order valence-corrected chi connectivity index (χ3v) is 3.47. The minimum absolute atomic E-state index is 0.170. The molecular formula is C13H19N3O2. The molecule has 1 saturated heterocycles. The van der Waals surface area contributed by atoms with E-state index in [1.165, 1.54) is 0 Å². The van der Waals surface area contributed by atoms with E-state index in [1.54, 1.807) is 12.1 Å². The first-order chi connectivity index (χ1) is 8.68. The van der Waals surface area contributed by atoms with E-state index < -0.39 is 0 Å². The third kappa shape index (κ3) is 2.98. The van der Waals surface area contributed by atoms with Crippen molar-refractivity contribution in [3.05, 3.63) is 33.9 Å². The van der Waals surface area contributed by atoms with Gasteiger partial charge >= 0.3 is 0 Å². The van der Waals surface area contributed by atoms with Crippen molar-refractivity contribution >= 4 is 11.4 Å². The molecule has 1 heterocycles. The zero-order chi connectivity index (χ0) is 13.0. The van der Waals surface area contributed by atoms with Crippen LogP contribution in [0.2, 0.25) is 0 Å². The molecule has 0 bridgehead atoms. The van der Waals surface area contributed by atoms with Gasteiger partial charge in [-0.25, -0.2) is 0 Å². The van der Waals surface area contributed by atoms with Crippen molar-refractivity contribution in [1.82, 2.24) is 5.32 Å². The molecule has 1 aromatic rings. The maximum absolute atomic E-state index is 11.0. The number of nitrogens with one attached hydrogen (secondary N) is 2. The summed E-state index contributed by atoms with van der Waals surface area (Å²) in [5.41, 5.74) is 1.77. The molecule has 0 atom stereocenters. The van der Waals surface area contributed by atoms with Crippen LogP contribution in [0.15, 0.2) is 18.2 Å². The van der Waals surface area contributed by atoms with Gasteiger partial charge in [0.05, 0.1) is 4.92 Å². The first-order valence-corrected chi connectivity index (χ1v) is 6.37. The summed E-state index contributed by atoms with van der Waals surface area (Å²) in [6.07, 6.45) is 2.26. The van der Waals surface area contributed by atoms with Crippen molar-refractivity contribution in [2.75, 3.05) is 25.0 Å². The first-order valence-electron chi connectivity index (χ1n) is 6.37. The number of benzene rings is 1. The van der Waals surface area contributed by atoms with Crippen molar-refractivity contribution in [3.8, 4) is 0 Å². The van der Waals surface area contributed by atoms with Crippen LogP contribution in [0.5, 0.6) is 0 Å². The predicted octanol–water partition coefficient (Wildman–Crippen LogP) is 2.31. The van der Waals surface area contributed by atoms with E-state index in [9.17, 15) is 10.1 Å². The van der Waals surface area contributed by atoms with Gasteiger partial charge in [-0.1, -0.05) is 12.1 Å². The maximum Gasteiger partial charge on any atom is 0.292 e. The Kier molecular flexibility index (Phi) is 4.15. The van der Waals surface area contributed by atoms with Gasteiger partial charge in [-0.15, -0.1) is 0 Å². The molecule has 1 aromatic carbocycles. The second-order valence-corrected chi connectivity index (χ2v) is 4.80. The number of piperidine rings is 1. The fraction of sp³-hybridized carbons (Fsp3) is 0.538. The average Bonchev–Trinajstić information content (AvgIpc) is 2.38. The van der Waals surface area contributed by atoms with Crippen LogP contribution >= 0.6 is 0 Å². The van der Waals surface area contributed by atoms with Crippen LogP contribution in [0.4, 0.5) is 11.4 Å². The van der Waals surface area contributed by atoms with Gasteiger partial charge in [-0.2, -0.15) is 0 Å². The second-order valence-electron chi connectivity index (χ2n) is 4.80. The fourth-order valence-corrected chi connectivity index (χ4v) is 2.37. The van der Waals surface area contributed by atoms with Gasteiger partial charge in [-0.3, -0.25) is 10.1 Å². The van der Waals surface area contributed by atoms with E-state index in [2.05, 4.69) is 10.6 Å². The smallest absolute Gasteiger partial charge is 0.292 e. The Balaban J connectivity index is 2.05. The second kappa shape index (κ2) is 5.82. The monoisotopic (exact) mass is 249 g/mol. The summed E-state index contributed by atoms with van der Waals surface area (Å²) >= 11 is 0. The summed E-state index contributed by atoms with van der Waals surface area (Å²) in [6, 6.07) is 5.18. The molecule has 0 saturated carbocycles. The van der Waals surface area contributed by atoms with Crippen LogP contribution in [0.3, 0.4) is 0 Å². The van der Waals surface area contributed by atoms with E-state index in [0.29, 0.717) is 11.6 Å². The summed E-state index contributed by atoms with van der Waals surface area (Å²) < 4.78 is 0. The SMILES string of the molecule is Cc1cccc([N+](=O)[O-])c1NCC1CCNCC1. The summed E-state index contributed by atoms with van der Waals surface area (Å²) in [6.45, 7) is 4.80. The molecule has 0 spiro atoms. The van der Waals surface area contributed by atoms with Gasteiger partial charge in [-0.05, 0) is 44.3 Å². The van der Waals surface area contributed by atoms with Crippen molar-refractivity contribution in [2.45, 2.75) is 19.8 Å². The Morgan fingerprint density at radius 1 is 1.44 bits per heavy atom. The molecule has 0 amide bonds. The number of hydrogen-bond acceptors (Lipinski definition) is 4. The molecule has 0 aliphatic carbocycles. The molecule has 2 rings (SSSR count). The number of para-hydroxylation sites is 1. The lowest BCUT2D eigenvalue weighted by molar-refractivity contribution is -0.384. The Labute approximate surface area is 107 Å². The summed E-state index contributed by atoms with van der Waals surface area (Å²) in [7, 11) is 0. The number of nitrogens with zero attached hydrogens (tertiary/aromatic N) is 1. The summed E-state index contributed by atoms with van der Waals surface area (Å²) in [4.78, 5) is 10.7. The van der Waals surface area contributed by atoms with Crippen molar-refractivity contribution in [1.29, 1.82) is 0 Å². The molecule has 2 N–H and O–H groups in total. The first kappa shape index (κ1) is 12.8. The number of nitro groups is 1. The van der Waals surface area contributed by atoms with Gasteiger partial charge in [0.25, 0.3) is 5.69 Å². The normalized spacial score (nSPS) is 16.5. The maximum atomic E-state index is 11.0. The number of nitro benzene ring substituents is 1. The van der Waals surface area contributed by atoms with E-state index in [4.69, 9.17) is 0 Å². The topological polar surface area (TPSA) is 67.2 Å². The molecule has 1 aliphatic rings. The number of aryl methyl sites for hydroxylation is 1. The van der Waals surface area contributed by atoms with Crippen molar-refractivity contribution < 1.29 is 4.92 Å². The minimum Gasteiger partial charge on any atom is -0.379 e. The van der Waals surface area contributed by atoms with Crippen molar-refractivity contribution in [3.63, 3.8) is 0 Å². The van der Waals surface area contributed by atoms with Gasteiger partial charge in [0.15, 0.2) is 0 Å². The van der Waals surface area contributed by atoms with Crippen LogP contribution in [0.25, 0.3) is 0 Å². The van der Waals surface area contributed by atoms with E-state index in [-0.39, 0.29) is 10.6 Å². The molecule has 0 unspecified atom stereocenters. The molecule has 18 heavy (non-hydrogen) atoms. The van der Waals surface area contributed by atoms with Gasteiger partial charge in [0.2, 0.25) is 0 Å².